The fourth-order valence-electron chi connectivity index (χ4n) is 1.95. The number of hydrogen-bond acceptors (Lipinski definition) is 5. The van der Waals surface area contributed by atoms with Crippen LogP contribution in [-0.4, -0.2) is 27.7 Å². The van der Waals surface area contributed by atoms with E-state index < -0.39 is 0 Å². The Hall–Kier alpha value is -1.79. The Labute approximate surface area is 128 Å². The Morgan fingerprint density at radius 1 is 1.38 bits per heavy atom. The molecule has 0 aliphatic heterocycles. The lowest BCUT2D eigenvalue weighted by Crippen LogP contribution is -2.06. The van der Waals surface area contributed by atoms with E-state index in [2.05, 4.69) is 4.98 Å². The molecule has 112 valence electrons. The number of carbonyl (C=O) groups is 1. The molecular weight excluding hydrogens is 288 g/mol. The zero-order valence-corrected chi connectivity index (χ0v) is 12.9. The van der Waals surface area contributed by atoms with Crippen LogP contribution in [0.3, 0.4) is 0 Å². The second kappa shape index (κ2) is 7.28. The van der Waals surface area contributed by atoms with Crippen molar-refractivity contribution in [1.82, 2.24) is 9.55 Å². The normalized spacial score (nSPS) is 10.6. The van der Waals surface area contributed by atoms with Gasteiger partial charge in [-0.25, -0.2) is 4.98 Å². The lowest BCUT2D eigenvalue weighted by Gasteiger charge is -2.08. The van der Waals surface area contributed by atoms with Gasteiger partial charge in [0.15, 0.2) is 5.16 Å². The summed E-state index contributed by atoms with van der Waals surface area (Å²) in [5.41, 5.74) is 2.83. The second-order valence-corrected chi connectivity index (χ2v) is 5.50. The maximum absolute atomic E-state index is 11.4. The van der Waals surface area contributed by atoms with Gasteiger partial charge >= 0.3 is 5.97 Å². The Bertz CT molecular complexity index is 625. The largest absolute Gasteiger partial charge is 0.469 e. The Balaban J connectivity index is 2.09. The number of aromatic nitrogens is 2. The minimum atomic E-state index is -0.244. The van der Waals surface area contributed by atoms with Gasteiger partial charge in [-0.15, -0.1) is 0 Å². The zero-order chi connectivity index (χ0) is 15.2. The molecule has 6 heteroatoms. The molecule has 21 heavy (non-hydrogen) atoms. The van der Waals surface area contributed by atoms with Crippen LogP contribution < -0.4 is 0 Å². The number of aliphatic hydroxyl groups is 1. The molecule has 0 saturated carbocycles. The summed E-state index contributed by atoms with van der Waals surface area (Å²) in [6, 6.07) is 7.80. The number of rotatable bonds is 6. The van der Waals surface area contributed by atoms with E-state index in [9.17, 15) is 4.79 Å². The highest BCUT2D eigenvalue weighted by molar-refractivity contribution is 7.98. The monoisotopic (exact) mass is 306 g/mol. The first-order chi connectivity index (χ1) is 10.2. The van der Waals surface area contributed by atoms with E-state index in [0.717, 1.165) is 22.0 Å². The fourth-order valence-corrected chi connectivity index (χ4v) is 2.95. The summed E-state index contributed by atoms with van der Waals surface area (Å²) < 4.78 is 6.59. The minimum absolute atomic E-state index is 0.0248. The van der Waals surface area contributed by atoms with Crippen molar-refractivity contribution in [3.05, 3.63) is 47.3 Å². The number of hydrogen-bond donors (Lipinski definition) is 1. The summed E-state index contributed by atoms with van der Waals surface area (Å²) >= 11 is 1.57. The lowest BCUT2D eigenvalue weighted by molar-refractivity contribution is -0.139. The molecule has 0 unspecified atom stereocenters. The van der Waals surface area contributed by atoms with Crippen LogP contribution in [0, 0.1) is 0 Å². The number of benzene rings is 1. The van der Waals surface area contributed by atoms with E-state index in [1.165, 1.54) is 7.11 Å². The Kier molecular flexibility index (Phi) is 5.41. The third-order valence-corrected chi connectivity index (χ3v) is 4.33. The topological polar surface area (TPSA) is 64.3 Å². The molecule has 0 saturated heterocycles. The molecule has 0 bridgehead atoms. The molecule has 5 nitrogen and oxygen atoms in total. The average Bonchev–Trinajstić information content (AvgIpc) is 2.86. The van der Waals surface area contributed by atoms with Gasteiger partial charge in [-0.2, -0.15) is 0 Å². The highest BCUT2D eigenvalue weighted by Gasteiger charge is 2.10. The molecule has 0 amide bonds. The van der Waals surface area contributed by atoms with Crippen molar-refractivity contribution in [2.75, 3.05) is 7.11 Å². The first kappa shape index (κ1) is 15.6. The van der Waals surface area contributed by atoms with E-state index in [1.807, 2.05) is 35.9 Å². The minimum Gasteiger partial charge on any atom is -0.469 e. The Morgan fingerprint density at radius 2 is 2.10 bits per heavy atom. The van der Waals surface area contributed by atoms with Crippen LogP contribution in [0.5, 0.6) is 0 Å². The van der Waals surface area contributed by atoms with Crippen LogP contribution in [0.4, 0.5) is 0 Å². The van der Waals surface area contributed by atoms with Crippen LogP contribution in [0.15, 0.2) is 35.6 Å². The molecule has 1 aromatic heterocycles. The number of imidazole rings is 1. The van der Waals surface area contributed by atoms with Crippen molar-refractivity contribution in [3.63, 3.8) is 0 Å². The van der Waals surface area contributed by atoms with Gasteiger partial charge in [0.05, 0.1) is 32.0 Å². The molecule has 0 atom stereocenters. The Morgan fingerprint density at radius 3 is 2.71 bits per heavy atom. The summed E-state index contributed by atoms with van der Waals surface area (Å²) in [5.74, 6) is 0.468. The van der Waals surface area contributed by atoms with Crippen molar-refractivity contribution in [2.45, 2.75) is 23.9 Å². The van der Waals surface area contributed by atoms with Crippen molar-refractivity contribution in [3.8, 4) is 0 Å². The number of carbonyl (C=O) groups excluding carboxylic acids is 1. The zero-order valence-electron chi connectivity index (χ0n) is 12.1. The SMILES string of the molecule is COC(=O)Cc1ccccc1CSc1ncc(CO)n1C. The van der Waals surface area contributed by atoms with Crippen LogP contribution in [0.1, 0.15) is 16.8 Å². The van der Waals surface area contributed by atoms with Crippen LogP contribution in [0.25, 0.3) is 0 Å². The highest BCUT2D eigenvalue weighted by atomic mass is 32.2. The van der Waals surface area contributed by atoms with Gasteiger partial charge in [0.1, 0.15) is 0 Å². The van der Waals surface area contributed by atoms with Crippen molar-refractivity contribution in [2.24, 2.45) is 7.05 Å². The van der Waals surface area contributed by atoms with E-state index in [4.69, 9.17) is 9.84 Å². The van der Waals surface area contributed by atoms with Gasteiger partial charge in [0.25, 0.3) is 0 Å². The number of nitrogens with zero attached hydrogens (tertiary/aromatic N) is 2. The second-order valence-electron chi connectivity index (χ2n) is 4.56. The van der Waals surface area contributed by atoms with Gasteiger partial charge < -0.3 is 14.4 Å². The summed E-state index contributed by atoms with van der Waals surface area (Å²) in [5, 5.41) is 10.0. The average molecular weight is 306 g/mol. The molecule has 0 aliphatic carbocycles. The third kappa shape index (κ3) is 3.86. The standard InChI is InChI=1S/C15H18N2O3S/c1-17-13(9-18)8-16-15(17)21-10-12-6-4-3-5-11(12)7-14(19)20-2/h3-6,8,18H,7,9-10H2,1-2H3. The molecule has 1 N–H and O–H groups in total. The van der Waals surface area contributed by atoms with Gasteiger partial charge in [0.2, 0.25) is 0 Å². The molecule has 1 aromatic carbocycles. The first-order valence-electron chi connectivity index (χ1n) is 6.53. The third-order valence-electron chi connectivity index (χ3n) is 3.24. The summed E-state index contributed by atoms with van der Waals surface area (Å²) in [7, 11) is 3.27. The predicted molar refractivity (Wildman–Crippen MR) is 80.9 cm³/mol. The van der Waals surface area contributed by atoms with Crippen molar-refractivity contribution in [1.29, 1.82) is 0 Å². The predicted octanol–water partition coefficient (Wildman–Crippen LogP) is 1.92. The van der Waals surface area contributed by atoms with Gasteiger partial charge in [0, 0.05) is 12.8 Å². The van der Waals surface area contributed by atoms with E-state index in [1.54, 1.807) is 18.0 Å². The quantitative estimate of drug-likeness (QED) is 0.652. The molecule has 2 aromatic rings. The summed E-state index contributed by atoms with van der Waals surface area (Å²) in [6.45, 7) is -0.0248. The number of methoxy groups -OCH3 is 1. The number of thioether (sulfide) groups is 1. The summed E-state index contributed by atoms with van der Waals surface area (Å²) in [6.07, 6.45) is 1.94. The number of ether oxygens (including phenoxy) is 1. The number of aliphatic hydroxyl groups excluding tert-OH is 1. The molecular formula is C15H18N2O3S. The van der Waals surface area contributed by atoms with Gasteiger partial charge in [-0.05, 0) is 11.1 Å². The van der Waals surface area contributed by atoms with Crippen molar-refractivity contribution >= 4 is 17.7 Å². The van der Waals surface area contributed by atoms with Crippen LogP contribution in [-0.2, 0) is 35.4 Å². The van der Waals surface area contributed by atoms with Gasteiger partial charge in [-0.1, -0.05) is 36.0 Å². The van der Waals surface area contributed by atoms with Gasteiger partial charge in [-0.3, -0.25) is 4.79 Å². The highest BCUT2D eigenvalue weighted by Crippen LogP contribution is 2.24. The maximum Gasteiger partial charge on any atom is 0.309 e. The molecule has 2 rings (SSSR count). The maximum atomic E-state index is 11.4. The molecule has 0 radical (unpaired) electrons. The lowest BCUT2D eigenvalue weighted by atomic mass is 10.1. The van der Waals surface area contributed by atoms with E-state index in [-0.39, 0.29) is 19.0 Å². The smallest absolute Gasteiger partial charge is 0.309 e. The van der Waals surface area contributed by atoms with Crippen molar-refractivity contribution < 1.29 is 14.6 Å². The van der Waals surface area contributed by atoms with E-state index in [0.29, 0.717) is 5.75 Å². The molecule has 0 aliphatic rings. The van der Waals surface area contributed by atoms with E-state index >= 15 is 0 Å². The molecule has 1 heterocycles. The first-order valence-corrected chi connectivity index (χ1v) is 7.52. The fraction of sp³-hybridized carbons (Fsp3) is 0.333. The van der Waals surface area contributed by atoms with Crippen LogP contribution in [0.2, 0.25) is 0 Å². The molecule has 0 spiro atoms. The van der Waals surface area contributed by atoms with Crippen LogP contribution >= 0.6 is 11.8 Å². The molecule has 0 fully saturated rings. The summed E-state index contributed by atoms with van der Waals surface area (Å²) in [4.78, 5) is 15.7. The number of esters is 1.